The lowest BCUT2D eigenvalue weighted by Gasteiger charge is -2.29. The molecule has 73 heavy (non-hydrogen) atoms. The summed E-state index contributed by atoms with van der Waals surface area (Å²) < 4.78 is 108. The fourth-order valence-corrected chi connectivity index (χ4v) is 12.1. The summed E-state index contributed by atoms with van der Waals surface area (Å²) in [5.74, 6) is -1.91. The van der Waals surface area contributed by atoms with Crippen molar-refractivity contribution in [3.8, 4) is 22.9 Å². The van der Waals surface area contributed by atoms with Gasteiger partial charge >= 0.3 is 5.97 Å². The monoisotopic (exact) mass is 1050 g/mol. The third-order valence-electron chi connectivity index (χ3n) is 13.2. The molecule has 0 fully saturated rings. The quantitative estimate of drug-likeness (QED) is 0.0340. The number of hydrogen-bond donors (Lipinski definition) is 0. The first kappa shape index (κ1) is 54.5. The third-order valence-corrected chi connectivity index (χ3v) is 19.3. The van der Waals surface area contributed by atoms with Crippen molar-refractivity contribution < 1.29 is 44.6 Å². The van der Waals surface area contributed by atoms with Gasteiger partial charge in [0, 0.05) is 63.1 Å². The van der Waals surface area contributed by atoms with E-state index in [1.165, 1.54) is 47.3 Å². The number of carbonyl (C=O) groups is 1. The Morgan fingerprint density at radius 2 is 1.67 bits per heavy atom. The molecule has 0 radical (unpaired) electrons. The Morgan fingerprint density at radius 1 is 0.932 bits per heavy atom. The van der Waals surface area contributed by atoms with E-state index in [1.807, 2.05) is 38.1 Å². The van der Waals surface area contributed by atoms with Gasteiger partial charge in [0.15, 0.2) is 33.1 Å². The van der Waals surface area contributed by atoms with Crippen LogP contribution in [-0.4, -0.2) is 78.4 Å². The number of hydrogen-bond acceptors (Lipinski definition) is 11. The van der Waals surface area contributed by atoms with Gasteiger partial charge in [-0.2, -0.15) is 10.2 Å². The van der Waals surface area contributed by atoms with E-state index in [2.05, 4.69) is 31.3 Å². The van der Waals surface area contributed by atoms with Crippen LogP contribution in [-0.2, 0) is 64.5 Å². The molecular weight excluding hydrogens is 991 g/mol. The summed E-state index contributed by atoms with van der Waals surface area (Å²) in [5.41, 5.74) is 2.19. The molecule has 4 aromatic carbocycles. The molecular formula is C54H64F2N6O8S2Si. The number of esters is 1. The second kappa shape index (κ2) is 21.7. The standard InChI is InChI=1S/C54H64F2N6O8S2Si/c1-11-43-44-25-27-62(72(66,67)42-21-17-37(3)18-22-42)48(44)33-47(56)50(43)70-41-20-23-46(55)45(32-41)51-58-52(59-60(51)7)54(6,39-16-13-15-38(31-39)19-24-49(63)69-12-2)26-14-29-71(64,65)53(4,5)40-34-57-61(35-40)36-68-28-30-73(8,9)10/h11,13,15-18,20-23,25,27,31-35H,1,12,14,19,24,26,28-30,36H2,2-10H3. The van der Waals surface area contributed by atoms with Crippen molar-refractivity contribution >= 4 is 50.9 Å². The SMILES string of the molecule is C=Cc1c(Oc2ccc(F)c(-c3nc(C(C)(CCCS(=O)(=O)C(C)(C)c4cnn(COCC[Si](C)(C)C)c4)c4cccc(CCC(=O)OCC)c4)nn3C)c2)c(F)cc2c1ccn2S(=O)(=O)c1ccc(C)cc1. The van der Waals surface area contributed by atoms with Crippen molar-refractivity contribution in [3.05, 3.63) is 149 Å². The van der Waals surface area contributed by atoms with Crippen LogP contribution in [0.3, 0.4) is 0 Å². The first-order valence-corrected chi connectivity index (χ1v) is 30.9. The number of fused-ring (bicyclic) bond motifs is 1. The van der Waals surface area contributed by atoms with Crippen molar-refractivity contribution in [2.45, 2.75) is 108 Å². The highest BCUT2D eigenvalue weighted by Gasteiger charge is 2.40. The molecule has 1 atom stereocenters. The molecule has 0 saturated heterocycles. The summed E-state index contributed by atoms with van der Waals surface area (Å²) in [4.78, 5) is 17.3. The third kappa shape index (κ3) is 11.9. The fourth-order valence-electron chi connectivity index (χ4n) is 8.55. The lowest BCUT2D eigenvalue weighted by atomic mass is 9.77. The number of halogens is 2. The molecule has 3 heterocycles. The van der Waals surface area contributed by atoms with Gasteiger partial charge in [-0.3, -0.25) is 4.79 Å². The molecule has 0 aliphatic heterocycles. The minimum atomic E-state index is -4.10. The number of nitrogens with zero attached hydrogens (tertiary/aromatic N) is 6. The van der Waals surface area contributed by atoms with Crippen molar-refractivity contribution in [2.24, 2.45) is 7.05 Å². The highest BCUT2D eigenvalue weighted by Crippen LogP contribution is 2.41. The maximum absolute atomic E-state index is 16.2. The Kier molecular flexibility index (Phi) is 16.2. The van der Waals surface area contributed by atoms with Crippen molar-refractivity contribution in [3.63, 3.8) is 0 Å². The summed E-state index contributed by atoms with van der Waals surface area (Å²) in [6.45, 7) is 20.6. The average Bonchev–Trinajstić information content (AvgIpc) is 4.10. The van der Waals surface area contributed by atoms with E-state index in [1.54, 1.807) is 57.0 Å². The molecule has 0 N–H and O–H groups in total. The minimum absolute atomic E-state index is 0.0207. The minimum Gasteiger partial charge on any atom is -0.466 e. The Labute approximate surface area is 428 Å². The van der Waals surface area contributed by atoms with E-state index < -0.39 is 49.7 Å². The molecule has 19 heteroatoms. The highest BCUT2D eigenvalue weighted by molar-refractivity contribution is 7.92. The largest absolute Gasteiger partial charge is 0.466 e. The number of rotatable bonds is 23. The van der Waals surface area contributed by atoms with Gasteiger partial charge in [0.05, 0.1) is 44.7 Å². The van der Waals surface area contributed by atoms with Crippen LogP contribution in [0.15, 0.2) is 109 Å². The van der Waals surface area contributed by atoms with Crippen LogP contribution in [0.5, 0.6) is 11.5 Å². The van der Waals surface area contributed by atoms with Gasteiger partial charge < -0.3 is 14.2 Å². The first-order valence-electron chi connectivity index (χ1n) is 24.1. The first-order chi connectivity index (χ1) is 34.4. The van der Waals surface area contributed by atoms with Crippen LogP contribution < -0.4 is 4.74 Å². The Balaban J connectivity index is 1.18. The van der Waals surface area contributed by atoms with E-state index in [0.29, 0.717) is 24.0 Å². The van der Waals surface area contributed by atoms with Crippen LogP contribution in [0.2, 0.25) is 25.7 Å². The number of aromatic nitrogens is 6. The van der Waals surface area contributed by atoms with Crippen LogP contribution in [0, 0.1) is 18.6 Å². The molecule has 3 aromatic heterocycles. The lowest BCUT2D eigenvalue weighted by Crippen LogP contribution is -2.33. The molecule has 0 bridgehead atoms. The number of ether oxygens (including phenoxy) is 3. The van der Waals surface area contributed by atoms with Crippen LogP contribution in [0.1, 0.15) is 80.6 Å². The molecule has 7 aromatic rings. The number of carbonyl (C=O) groups excluding carboxylic acids is 1. The van der Waals surface area contributed by atoms with E-state index >= 15 is 8.78 Å². The summed E-state index contributed by atoms with van der Waals surface area (Å²) >= 11 is 0. The van der Waals surface area contributed by atoms with E-state index in [4.69, 9.17) is 24.3 Å². The Morgan fingerprint density at radius 3 is 2.37 bits per heavy atom. The van der Waals surface area contributed by atoms with E-state index in [9.17, 15) is 21.6 Å². The molecule has 0 saturated carbocycles. The van der Waals surface area contributed by atoms with Gasteiger partial charge in [-0.05, 0) is 107 Å². The number of benzene rings is 4. The molecule has 0 spiro atoms. The zero-order valence-corrected chi connectivity index (χ0v) is 45.5. The molecule has 14 nitrogen and oxygen atoms in total. The molecule has 0 aliphatic rings. The van der Waals surface area contributed by atoms with E-state index in [-0.39, 0.29) is 89.0 Å². The maximum atomic E-state index is 16.2. The summed E-state index contributed by atoms with van der Waals surface area (Å²) in [7, 11) is -7.58. The van der Waals surface area contributed by atoms with Gasteiger partial charge in [-0.15, -0.1) is 0 Å². The molecule has 0 aliphatic carbocycles. The van der Waals surface area contributed by atoms with Crippen LogP contribution >= 0.6 is 0 Å². The normalized spacial score (nSPS) is 13.3. The molecule has 7 rings (SSSR count). The Bertz CT molecular complexity index is 3380. The highest BCUT2D eigenvalue weighted by atomic mass is 32.2. The predicted octanol–water partition coefficient (Wildman–Crippen LogP) is 11.1. The van der Waals surface area contributed by atoms with Crippen molar-refractivity contribution in [2.75, 3.05) is 19.0 Å². The summed E-state index contributed by atoms with van der Waals surface area (Å²) in [6, 6.07) is 21.4. The maximum Gasteiger partial charge on any atom is 0.306 e. The second-order valence-electron chi connectivity index (χ2n) is 20.2. The fraction of sp³-hybridized carbons (Fsp3) is 0.370. The van der Waals surface area contributed by atoms with Crippen molar-refractivity contribution in [1.82, 2.24) is 28.5 Å². The van der Waals surface area contributed by atoms with Crippen LogP contribution in [0.25, 0.3) is 28.4 Å². The number of sulfone groups is 1. The predicted molar refractivity (Wildman–Crippen MR) is 282 cm³/mol. The number of aryl methyl sites for hydroxylation is 3. The van der Waals surface area contributed by atoms with Gasteiger partial charge in [-0.25, -0.2) is 43.9 Å². The molecule has 388 valence electrons. The molecule has 1 unspecified atom stereocenters. The Hall–Kier alpha value is -6.28. The van der Waals surface area contributed by atoms with Gasteiger partial charge in [0.25, 0.3) is 10.0 Å². The zero-order valence-electron chi connectivity index (χ0n) is 42.9. The smallest absolute Gasteiger partial charge is 0.306 e. The van der Waals surface area contributed by atoms with Crippen molar-refractivity contribution in [1.29, 1.82) is 0 Å². The van der Waals surface area contributed by atoms with Crippen LogP contribution in [0.4, 0.5) is 8.78 Å². The topological polar surface area (TPSA) is 167 Å². The van der Waals surface area contributed by atoms with E-state index in [0.717, 1.165) is 38.8 Å². The lowest BCUT2D eigenvalue weighted by molar-refractivity contribution is -0.143. The summed E-state index contributed by atoms with van der Waals surface area (Å²) in [6.07, 6.45) is 6.97. The van der Waals surface area contributed by atoms with Gasteiger partial charge in [-0.1, -0.05) is 74.3 Å². The zero-order chi connectivity index (χ0) is 53.1. The average molecular weight is 1060 g/mol. The van der Waals surface area contributed by atoms with Gasteiger partial charge in [0.1, 0.15) is 18.3 Å². The van der Waals surface area contributed by atoms with Gasteiger partial charge in [0.2, 0.25) is 0 Å². The second-order valence-corrected chi connectivity index (χ2v) is 30.3. The summed E-state index contributed by atoms with van der Waals surface area (Å²) in [5, 5.41) is 9.58. The molecule has 0 amide bonds.